The van der Waals surface area contributed by atoms with Gasteiger partial charge in [0.15, 0.2) is 11.5 Å². The van der Waals surface area contributed by atoms with E-state index in [9.17, 15) is 4.79 Å². The van der Waals surface area contributed by atoms with Crippen molar-refractivity contribution in [2.75, 3.05) is 18.2 Å². The SMILES string of the molecule is COC(=O)c1ccc(N)c(Nc2cccc(Br)c2)n1. The number of anilines is 3. The summed E-state index contributed by atoms with van der Waals surface area (Å²) in [7, 11) is 1.31. The van der Waals surface area contributed by atoms with Gasteiger partial charge in [0.2, 0.25) is 0 Å². The van der Waals surface area contributed by atoms with Crippen LogP contribution in [0.2, 0.25) is 0 Å². The summed E-state index contributed by atoms with van der Waals surface area (Å²) in [4.78, 5) is 15.6. The summed E-state index contributed by atoms with van der Waals surface area (Å²) < 4.78 is 5.55. The number of esters is 1. The van der Waals surface area contributed by atoms with Gasteiger partial charge in [-0.1, -0.05) is 22.0 Å². The van der Waals surface area contributed by atoms with Crippen LogP contribution in [0.4, 0.5) is 17.2 Å². The molecule has 0 aliphatic rings. The smallest absolute Gasteiger partial charge is 0.356 e. The number of carbonyl (C=O) groups is 1. The fraction of sp³-hybridized carbons (Fsp3) is 0.0769. The standard InChI is InChI=1S/C13H12BrN3O2/c1-19-13(18)11-6-5-10(15)12(17-11)16-9-4-2-3-8(14)7-9/h2-7H,15H2,1H3,(H,16,17). The summed E-state index contributed by atoms with van der Waals surface area (Å²) in [5, 5.41) is 3.06. The molecule has 1 aromatic carbocycles. The van der Waals surface area contributed by atoms with Gasteiger partial charge in [-0.3, -0.25) is 0 Å². The van der Waals surface area contributed by atoms with E-state index in [4.69, 9.17) is 5.73 Å². The van der Waals surface area contributed by atoms with Crippen LogP contribution in [-0.2, 0) is 4.74 Å². The van der Waals surface area contributed by atoms with Gasteiger partial charge in [0, 0.05) is 10.2 Å². The Labute approximate surface area is 118 Å². The molecule has 0 saturated carbocycles. The van der Waals surface area contributed by atoms with Crippen LogP contribution < -0.4 is 11.1 Å². The molecule has 5 nitrogen and oxygen atoms in total. The van der Waals surface area contributed by atoms with Gasteiger partial charge in [-0.2, -0.15) is 0 Å². The largest absolute Gasteiger partial charge is 0.464 e. The first-order chi connectivity index (χ1) is 9.10. The Bertz CT molecular complexity index is 617. The maximum Gasteiger partial charge on any atom is 0.356 e. The number of methoxy groups -OCH3 is 1. The maximum absolute atomic E-state index is 11.4. The summed E-state index contributed by atoms with van der Waals surface area (Å²) in [6.45, 7) is 0. The fourth-order valence-electron chi connectivity index (χ4n) is 1.49. The van der Waals surface area contributed by atoms with Crippen LogP contribution >= 0.6 is 15.9 Å². The lowest BCUT2D eigenvalue weighted by molar-refractivity contribution is 0.0594. The van der Waals surface area contributed by atoms with Crippen LogP contribution in [0.3, 0.4) is 0 Å². The molecule has 0 atom stereocenters. The maximum atomic E-state index is 11.4. The minimum absolute atomic E-state index is 0.203. The van der Waals surface area contributed by atoms with Gasteiger partial charge < -0.3 is 15.8 Å². The number of hydrogen-bond donors (Lipinski definition) is 2. The molecule has 2 rings (SSSR count). The average Bonchev–Trinajstić information content (AvgIpc) is 2.40. The van der Waals surface area contributed by atoms with Crippen molar-refractivity contribution in [2.24, 2.45) is 0 Å². The van der Waals surface area contributed by atoms with Crippen molar-refractivity contribution in [1.29, 1.82) is 0 Å². The topological polar surface area (TPSA) is 77.2 Å². The number of nitrogens with one attached hydrogen (secondary N) is 1. The second-order valence-corrected chi connectivity index (χ2v) is 4.68. The van der Waals surface area contributed by atoms with E-state index in [1.807, 2.05) is 24.3 Å². The highest BCUT2D eigenvalue weighted by molar-refractivity contribution is 9.10. The first-order valence-electron chi connectivity index (χ1n) is 5.47. The summed E-state index contributed by atoms with van der Waals surface area (Å²) in [6.07, 6.45) is 0. The Balaban J connectivity index is 2.31. The van der Waals surface area contributed by atoms with Crippen LogP contribution in [0.25, 0.3) is 0 Å². The lowest BCUT2D eigenvalue weighted by atomic mass is 10.3. The zero-order chi connectivity index (χ0) is 13.8. The van der Waals surface area contributed by atoms with E-state index < -0.39 is 5.97 Å². The van der Waals surface area contributed by atoms with E-state index in [0.717, 1.165) is 10.2 Å². The van der Waals surface area contributed by atoms with Crippen molar-refractivity contribution in [2.45, 2.75) is 0 Å². The average molecular weight is 322 g/mol. The number of nitrogens with zero attached hydrogens (tertiary/aromatic N) is 1. The van der Waals surface area contributed by atoms with Gasteiger partial charge in [-0.15, -0.1) is 0 Å². The van der Waals surface area contributed by atoms with Gasteiger partial charge in [0.25, 0.3) is 0 Å². The highest BCUT2D eigenvalue weighted by Gasteiger charge is 2.10. The molecule has 1 heterocycles. The molecule has 0 aliphatic heterocycles. The molecule has 0 bridgehead atoms. The van der Waals surface area contributed by atoms with Gasteiger partial charge in [-0.25, -0.2) is 9.78 Å². The summed E-state index contributed by atoms with van der Waals surface area (Å²) >= 11 is 3.38. The molecule has 98 valence electrons. The number of rotatable bonds is 3. The predicted octanol–water partition coefficient (Wildman–Crippen LogP) is 2.96. The predicted molar refractivity (Wildman–Crippen MR) is 77.4 cm³/mol. The van der Waals surface area contributed by atoms with Crippen molar-refractivity contribution in [1.82, 2.24) is 4.98 Å². The van der Waals surface area contributed by atoms with Crippen molar-refractivity contribution < 1.29 is 9.53 Å². The van der Waals surface area contributed by atoms with Crippen LogP contribution in [-0.4, -0.2) is 18.1 Å². The second-order valence-electron chi connectivity index (χ2n) is 3.76. The lowest BCUT2D eigenvalue weighted by Gasteiger charge is -2.09. The molecule has 0 fully saturated rings. The Hall–Kier alpha value is -2.08. The molecule has 2 aromatic rings. The third kappa shape index (κ3) is 3.23. The van der Waals surface area contributed by atoms with E-state index >= 15 is 0 Å². The number of nitrogens with two attached hydrogens (primary N) is 1. The first-order valence-corrected chi connectivity index (χ1v) is 6.27. The number of hydrogen-bond acceptors (Lipinski definition) is 5. The lowest BCUT2D eigenvalue weighted by Crippen LogP contribution is -2.07. The Morgan fingerprint density at radius 3 is 2.84 bits per heavy atom. The number of aromatic nitrogens is 1. The van der Waals surface area contributed by atoms with E-state index in [1.165, 1.54) is 13.2 Å². The van der Waals surface area contributed by atoms with Crippen molar-refractivity contribution in [3.8, 4) is 0 Å². The Morgan fingerprint density at radius 2 is 2.16 bits per heavy atom. The number of ether oxygens (including phenoxy) is 1. The molecule has 0 unspecified atom stereocenters. The minimum atomic E-state index is -0.503. The third-order valence-corrected chi connectivity index (χ3v) is 2.90. The number of benzene rings is 1. The molecular formula is C13H12BrN3O2. The van der Waals surface area contributed by atoms with Gasteiger partial charge >= 0.3 is 5.97 Å². The van der Waals surface area contributed by atoms with Gasteiger partial charge in [-0.05, 0) is 30.3 Å². The van der Waals surface area contributed by atoms with Crippen LogP contribution in [0.1, 0.15) is 10.5 Å². The molecular weight excluding hydrogens is 310 g/mol. The number of nitrogen functional groups attached to an aromatic ring is 1. The van der Waals surface area contributed by atoms with Crippen molar-refractivity contribution >= 4 is 39.1 Å². The minimum Gasteiger partial charge on any atom is -0.464 e. The van der Waals surface area contributed by atoms with Crippen LogP contribution in [0.5, 0.6) is 0 Å². The highest BCUT2D eigenvalue weighted by atomic mass is 79.9. The Morgan fingerprint density at radius 1 is 1.37 bits per heavy atom. The van der Waals surface area contributed by atoms with Crippen molar-refractivity contribution in [3.05, 3.63) is 46.6 Å². The number of pyridine rings is 1. The van der Waals surface area contributed by atoms with Gasteiger partial charge in [0.05, 0.1) is 12.8 Å². The summed E-state index contributed by atoms with van der Waals surface area (Å²) in [5.74, 6) is -0.0849. The monoisotopic (exact) mass is 321 g/mol. The molecule has 0 amide bonds. The molecule has 0 saturated heterocycles. The normalized spacial score (nSPS) is 10.0. The second kappa shape index (κ2) is 5.71. The summed E-state index contributed by atoms with van der Waals surface area (Å²) in [5.41, 5.74) is 7.30. The molecule has 3 N–H and O–H groups in total. The molecule has 6 heteroatoms. The van der Waals surface area contributed by atoms with E-state index in [2.05, 4.69) is 31.0 Å². The van der Waals surface area contributed by atoms with Crippen LogP contribution in [0, 0.1) is 0 Å². The molecule has 0 spiro atoms. The van der Waals surface area contributed by atoms with E-state index in [-0.39, 0.29) is 5.69 Å². The van der Waals surface area contributed by atoms with Crippen LogP contribution in [0.15, 0.2) is 40.9 Å². The fourth-order valence-corrected chi connectivity index (χ4v) is 1.89. The molecule has 1 aromatic heterocycles. The van der Waals surface area contributed by atoms with E-state index in [0.29, 0.717) is 11.5 Å². The number of halogens is 1. The quantitative estimate of drug-likeness (QED) is 0.850. The highest BCUT2D eigenvalue weighted by Crippen LogP contribution is 2.23. The summed E-state index contributed by atoms with van der Waals surface area (Å²) in [6, 6.07) is 10.7. The number of carbonyl (C=O) groups excluding carboxylic acids is 1. The van der Waals surface area contributed by atoms with Crippen molar-refractivity contribution in [3.63, 3.8) is 0 Å². The molecule has 0 aliphatic carbocycles. The molecule has 0 radical (unpaired) electrons. The molecule has 19 heavy (non-hydrogen) atoms. The third-order valence-electron chi connectivity index (χ3n) is 2.41. The van der Waals surface area contributed by atoms with Gasteiger partial charge in [0.1, 0.15) is 0 Å². The zero-order valence-corrected chi connectivity index (χ0v) is 11.8. The Kier molecular flexibility index (Phi) is 4.01. The zero-order valence-electron chi connectivity index (χ0n) is 10.2. The first kappa shape index (κ1) is 13.4. The van der Waals surface area contributed by atoms with E-state index in [1.54, 1.807) is 6.07 Å².